The van der Waals surface area contributed by atoms with E-state index in [0.29, 0.717) is 6.07 Å². The summed E-state index contributed by atoms with van der Waals surface area (Å²) in [5.41, 5.74) is -0.804. The van der Waals surface area contributed by atoms with Crippen molar-refractivity contribution in [1.82, 2.24) is 0 Å². The number of nitrogens with zero attached hydrogens (tertiary/aromatic N) is 1. The van der Waals surface area contributed by atoms with Gasteiger partial charge in [0.15, 0.2) is 0 Å². The maximum atomic E-state index is 12.8. The molecule has 1 aromatic carbocycles. The number of ether oxygens (including phenoxy) is 1. The molecule has 0 fully saturated rings. The van der Waals surface area contributed by atoms with Gasteiger partial charge in [0.1, 0.15) is 24.7 Å². The summed E-state index contributed by atoms with van der Waals surface area (Å²) in [5, 5.41) is 21.0. The molecule has 19 heavy (non-hydrogen) atoms. The van der Waals surface area contributed by atoms with E-state index in [0.717, 1.165) is 12.1 Å². The van der Waals surface area contributed by atoms with Gasteiger partial charge in [0.05, 0.1) is 11.0 Å². The molecule has 0 saturated heterocycles. The van der Waals surface area contributed by atoms with Crippen LogP contribution in [0.1, 0.15) is 0 Å². The number of halogens is 1. The van der Waals surface area contributed by atoms with Gasteiger partial charge in [-0.1, -0.05) is 0 Å². The molecule has 0 unspecified atom stereocenters. The van der Waals surface area contributed by atoms with E-state index in [2.05, 4.69) is 10.1 Å². The number of benzene rings is 1. The second-order valence-electron chi connectivity index (χ2n) is 3.35. The minimum atomic E-state index is -1.25. The van der Waals surface area contributed by atoms with Crippen LogP contribution in [0.2, 0.25) is 0 Å². The fraction of sp³-hybridized carbons (Fsp3) is 0.200. The third-order valence-electron chi connectivity index (χ3n) is 1.89. The normalized spacial score (nSPS) is 9.95. The molecule has 1 rings (SSSR count). The molecule has 0 radical (unpaired) electrons. The lowest BCUT2D eigenvalue weighted by atomic mass is 10.2. The SMILES string of the molecule is O=C(O)COCC(=O)Nc1ccc(F)cc1[N+](=O)[O-]. The lowest BCUT2D eigenvalue weighted by Crippen LogP contribution is -2.21. The average Bonchev–Trinajstić information content (AvgIpc) is 2.30. The molecular weight excluding hydrogens is 263 g/mol. The molecule has 0 atom stereocenters. The van der Waals surface area contributed by atoms with Gasteiger partial charge in [-0.15, -0.1) is 0 Å². The highest BCUT2D eigenvalue weighted by molar-refractivity contribution is 5.94. The number of aliphatic carboxylic acids is 1. The van der Waals surface area contributed by atoms with E-state index in [9.17, 15) is 24.1 Å². The molecule has 2 N–H and O–H groups in total. The predicted octanol–water partition coefficient (Wildman–Crippen LogP) is 0.774. The van der Waals surface area contributed by atoms with E-state index in [1.165, 1.54) is 0 Å². The van der Waals surface area contributed by atoms with Crippen LogP contribution < -0.4 is 5.32 Å². The van der Waals surface area contributed by atoms with Crippen molar-refractivity contribution >= 4 is 23.3 Å². The lowest BCUT2D eigenvalue weighted by molar-refractivity contribution is -0.384. The van der Waals surface area contributed by atoms with E-state index in [1.54, 1.807) is 0 Å². The van der Waals surface area contributed by atoms with E-state index in [-0.39, 0.29) is 5.69 Å². The molecule has 0 aliphatic carbocycles. The van der Waals surface area contributed by atoms with Gasteiger partial charge in [0, 0.05) is 0 Å². The highest BCUT2D eigenvalue weighted by Gasteiger charge is 2.17. The Morgan fingerprint density at radius 3 is 2.68 bits per heavy atom. The number of anilines is 1. The summed E-state index contributed by atoms with van der Waals surface area (Å²) in [6.07, 6.45) is 0. The van der Waals surface area contributed by atoms with Crippen molar-refractivity contribution in [3.05, 3.63) is 34.1 Å². The van der Waals surface area contributed by atoms with Crippen molar-refractivity contribution in [2.24, 2.45) is 0 Å². The van der Waals surface area contributed by atoms with Gasteiger partial charge in [-0.25, -0.2) is 9.18 Å². The number of amides is 1. The van der Waals surface area contributed by atoms with E-state index in [4.69, 9.17) is 5.11 Å². The minimum Gasteiger partial charge on any atom is -0.480 e. The number of carbonyl (C=O) groups excluding carboxylic acids is 1. The number of nitro groups is 1. The molecule has 1 amide bonds. The Morgan fingerprint density at radius 2 is 2.11 bits per heavy atom. The fourth-order valence-corrected chi connectivity index (χ4v) is 1.18. The standard InChI is InChI=1S/C10H9FN2O6/c11-6-1-2-7(8(3-6)13(17)18)12-9(14)4-19-5-10(15)16/h1-3H,4-5H2,(H,12,14)(H,15,16). The summed E-state index contributed by atoms with van der Waals surface area (Å²) in [4.78, 5) is 31.2. The summed E-state index contributed by atoms with van der Waals surface area (Å²) in [6.45, 7) is -1.25. The summed E-state index contributed by atoms with van der Waals surface area (Å²) in [5.74, 6) is -2.84. The lowest BCUT2D eigenvalue weighted by Gasteiger charge is -2.05. The Kier molecular flexibility index (Phi) is 4.89. The van der Waals surface area contributed by atoms with Crippen LogP contribution in [-0.2, 0) is 14.3 Å². The van der Waals surface area contributed by atoms with Crippen molar-refractivity contribution in [3.8, 4) is 0 Å². The van der Waals surface area contributed by atoms with Gasteiger partial charge in [0.25, 0.3) is 11.6 Å². The summed E-state index contributed by atoms with van der Waals surface area (Å²) >= 11 is 0. The predicted molar refractivity (Wildman–Crippen MR) is 60.1 cm³/mol. The van der Waals surface area contributed by atoms with Gasteiger partial charge < -0.3 is 15.2 Å². The number of nitrogens with one attached hydrogen (secondary N) is 1. The zero-order chi connectivity index (χ0) is 14.4. The first-order valence-corrected chi connectivity index (χ1v) is 4.93. The van der Waals surface area contributed by atoms with Crippen LogP contribution in [0.25, 0.3) is 0 Å². The maximum Gasteiger partial charge on any atom is 0.329 e. The van der Waals surface area contributed by atoms with Gasteiger partial charge >= 0.3 is 5.97 Å². The van der Waals surface area contributed by atoms with Crippen molar-refractivity contribution in [2.75, 3.05) is 18.5 Å². The monoisotopic (exact) mass is 272 g/mol. The minimum absolute atomic E-state index is 0.199. The number of carbonyl (C=O) groups is 2. The second kappa shape index (κ2) is 6.40. The summed E-state index contributed by atoms with van der Waals surface area (Å²) in [6, 6.07) is 2.64. The van der Waals surface area contributed by atoms with Crippen molar-refractivity contribution < 1.29 is 28.7 Å². The topological polar surface area (TPSA) is 119 Å². The zero-order valence-electron chi connectivity index (χ0n) is 9.46. The third-order valence-corrected chi connectivity index (χ3v) is 1.89. The Labute approximate surface area is 105 Å². The smallest absolute Gasteiger partial charge is 0.329 e. The quantitative estimate of drug-likeness (QED) is 0.583. The fourth-order valence-electron chi connectivity index (χ4n) is 1.18. The molecular formula is C10H9FN2O6. The Balaban J connectivity index is 2.68. The number of nitro benzene ring substituents is 1. The van der Waals surface area contributed by atoms with Gasteiger partial charge in [0.2, 0.25) is 0 Å². The van der Waals surface area contributed by atoms with Crippen LogP contribution in [-0.4, -0.2) is 35.1 Å². The van der Waals surface area contributed by atoms with Crippen LogP contribution in [0, 0.1) is 15.9 Å². The maximum absolute atomic E-state index is 12.8. The molecule has 0 spiro atoms. The molecule has 0 heterocycles. The van der Waals surface area contributed by atoms with E-state index in [1.807, 2.05) is 0 Å². The summed E-state index contributed by atoms with van der Waals surface area (Å²) in [7, 11) is 0. The number of carboxylic acids is 1. The zero-order valence-corrected chi connectivity index (χ0v) is 9.46. The van der Waals surface area contributed by atoms with Crippen molar-refractivity contribution in [2.45, 2.75) is 0 Å². The number of carboxylic acid groups (broad SMARTS) is 1. The summed E-state index contributed by atoms with van der Waals surface area (Å²) < 4.78 is 17.3. The molecule has 0 aliphatic rings. The first-order chi connectivity index (χ1) is 8.90. The van der Waals surface area contributed by atoms with Crippen LogP contribution in [0.15, 0.2) is 18.2 Å². The number of hydrogen-bond donors (Lipinski definition) is 2. The second-order valence-corrected chi connectivity index (χ2v) is 3.35. The molecule has 0 aromatic heterocycles. The molecule has 0 aliphatic heterocycles. The average molecular weight is 272 g/mol. The van der Waals surface area contributed by atoms with Gasteiger partial charge in [-0.05, 0) is 12.1 Å². The third kappa shape index (κ3) is 4.68. The van der Waals surface area contributed by atoms with Crippen LogP contribution in [0.4, 0.5) is 15.8 Å². The van der Waals surface area contributed by atoms with E-state index < -0.39 is 41.5 Å². The van der Waals surface area contributed by atoms with E-state index >= 15 is 0 Å². The molecule has 9 heteroatoms. The number of rotatable bonds is 6. The molecule has 0 saturated carbocycles. The first-order valence-electron chi connectivity index (χ1n) is 4.93. The Morgan fingerprint density at radius 1 is 1.42 bits per heavy atom. The van der Waals surface area contributed by atoms with Crippen LogP contribution >= 0.6 is 0 Å². The highest BCUT2D eigenvalue weighted by Crippen LogP contribution is 2.24. The highest BCUT2D eigenvalue weighted by atomic mass is 19.1. The van der Waals surface area contributed by atoms with Crippen LogP contribution in [0.5, 0.6) is 0 Å². The van der Waals surface area contributed by atoms with Gasteiger partial charge in [-0.3, -0.25) is 14.9 Å². The van der Waals surface area contributed by atoms with Gasteiger partial charge in [-0.2, -0.15) is 0 Å². The molecule has 0 bridgehead atoms. The molecule has 102 valence electrons. The Bertz CT molecular complexity index is 519. The molecule has 8 nitrogen and oxygen atoms in total. The Hall–Kier alpha value is -2.55. The number of hydrogen-bond acceptors (Lipinski definition) is 5. The van der Waals surface area contributed by atoms with Crippen LogP contribution in [0.3, 0.4) is 0 Å². The largest absolute Gasteiger partial charge is 0.480 e. The molecule has 1 aromatic rings. The van der Waals surface area contributed by atoms with Crippen molar-refractivity contribution in [1.29, 1.82) is 0 Å². The van der Waals surface area contributed by atoms with Crippen molar-refractivity contribution in [3.63, 3.8) is 0 Å². The first kappa shape index (κ1) is 14.5.